The molecule has 1 atom stereocenters. The summed E-state index contributed by atoms with van der Waals surface area (Å²) in [5.74, 6) is 0.326. The first-order valence-electron chi connectivity index (χ1n) is 7.24. The number of hydrogen-bond acceptors (Lipinski definition) is 2. The van der Waals surface area contributed by atoms with E-state index in [1.807, 2.05) is 12.1 Å². The normalized spacial score (nSPS) is 12.3. The summed E-state index contributed by atoms with van der Waals surface area (Å²) in [4.78, 5) is 0. The largest absolute Gasteiger partial charge is 0.508 e. The van der Waals surface area contributed by atoms with Crippen molar-refractivity contribution in [3.8, 4) is 5.75 Å². The zero-order chi connectivity index (χ0) is 14.4. The van der Waals surface area contributed by atoms with Crippen LogP contribution in [0.5, 0.6) is 5.75 Å². The second kappa shape index (κ2) is 7.11. The quantitative estimate of drug-likeness (QED) is 0.841. The highest BCUT2D eigenvalue weighted by atomic mass is 16.3. The molecule has 0 radical (unpaired) electrons. The number of likely N-dealkylation sites (N-methyl/N-ethyl adjacent to an activating group) is 1. The van der Waals surface area contributed by atoms with E-state index in [2.05, 4.69) is 43.4 Å². The maximum atomic E-state index is 9.34. The molecule has 106 valence electrons. The lowest BCUT2D eigenvalue weighted by atomic mass is 9.98. The molecule has 2 N–H and O–H groups in total. The van der Waals surface area contributed by atoms with Gasteiger partial charge in [0.15, 0.2) is 0 Å². The minimum absolute atomic E-state index is 0.326. The van der Waals surface area contributed by atoms with E-state index in [-0.39, 0.29) is 0 Å². The monoisotopic (exact) mass is 269 g/mol. The molecular formula is C18H23NO. The molecule has 2 heteroatoms. The molecule has 0 bridgehead atoms. The van der Waals surface area contributed by atoms with Crippen molar-refractivity contribution in [1.82, 2.24) is 5.32 Å². The van der Waals surface area contributed by atoms with Crippen LogP contribution in [0.3, 0.4) is 0 Å². The Morgan fingerprint density at radius 2 is 1.40 bits per heavy atom. The van der Waals surface area contributed by atoms with Crippen LogP contribution in [-0.4, -0.2) is 17.7 Å². The highest BCUT2D eigenvalue weighted by Crippen LogP contribution is 2.14. The van der Waals surface area contributed by atoms with Gasteiger partial charge < -0.3 is 10.4 Å². The van der Waals surface area contributed by atoms with Crippen LogP contribution in [0.25, 0.3) is 0 Å². The lowest BCUT2D eigenvalue weighted by molar-refractivity contribution is 0.474. The molecule has 0 saturated heterocycles. The molecule has 20 heavy (non-hydrogen) atoms. The second-order valence-corrected chi connectivity index (χ2v) is 5.31. The Hall–Kier alpha value is -1.80. The number of nitrogens with one attached hydrogen (secondary N) is 1. The Morgan fingerprint density at radius 1 is 0.900 bits per heavy atom. The summed E-state index contributed by atoms with van der Waals surface area (Å²) in [6.07, 6.45) is 2.00. The van der Waals surface area contributed by atoms with Crippen molar-refractivity contribution >= 4 is 0 Å². The molecular weight excluding hydrogens is 246 g/mol. The molecule has 0 fully saturated rings. The molecule has 2 nitrogen and oxygen atoms in total. The van der Waals surface area contributed by atoms with Gasteiger partial charge in [0.05, 0.1) is 0 Å². The molecule has 0 amide bonds. The van der Waals surface area contributed by atoms with Crippen LogP contribution in [-0.2, 0) is 12.8 Å². The van der Waals surface area contributed by atoms with Gasteiger partial charge in [-0.3, -0.25) is 0 Å². The maximum Gasteiger partial charge on any atom is 0.115 e. The molecule has 0 aromatic heterocycles. The van der Waals surface area contributed by atoms with Crippen LogP contribution in [0.15, 0.2) is 48.5 Å². The summed E-state index contributed by atoms with van der Waals surface area (Å²) < 4.78 is 0. The molecule has 0 spiro atoms. The lowest BCUT2D eigenvalue weighted by Crippen LogP contribution is -2.33. The first-order valence-corrected chi connectivity index (χ1v) is 7.24. The van der Waals surface area contributed by atoms with Gasteiger partial charge in [-0.15, -0.1) is 0 Å². The van der Waals surface area contributed by atoms with Crippen LogP contribution >= 0.6 is 0 Å². The average Bonchev–Trinajstić information content (AvgIpc) is 2.44. The smallest absolute Gasteiger partial charge is 0.115 e. The van der Waals surface area contributed by atoms with Gasteiger partial charge in [-0.25, -0.2) is 0 Å². The number of phenolic OH excluding ortho intramolecular Hbond substituents is 1. The maximum absolute atomic E-state index is 9.34. The second-order valence-electron chi connectivity index (χ2n) is 5.31. The first-order chi connectivity index (χ1) is 9.67. The van der Waals surface area contributed by atoms with Crippen molar-refractivity contribution in [3.63, 3.8) is 0 Å². The van der Waals surface area contributed by atoms with E-state index in [1.54, 1.807) is 12.1 Å². The van der Waals surface area contributed by atoms with Gasteiger partial charge in [0.25, 0.3) is 0 Å². The van der Waals surface area contributed by atoms with E-state index < -0.39 is 0 Å². The third kappa shape index (κ3) is 4.39. The minimum Gasteiger partial charge on any atom is -0.508 e. The van der Waals surface area contributed by atoms with Gasteiger partial charge in [-0.05, 0) is 49.6 Å². The summed E-state index contributed by atoms with van der Waals surface area (Å²) in [5, 5.41) is 12.9. The third-order valence-corrected chi connectivity index (χ3v) is 3.51. The Bertz CT molecular complexity index is 469. The number of aromatic hydroxyl groups is 1. The van der Waals surface area contributed by atoms with Gasteiger partial charge in [0, 0.05) is 6.04 Å². The Morgan fingerprint density at radius 3 is 1.90 bits per heavy atom. The van der Waals surface area contributed by atoms with Crippen molar-refractivity contribution in [1.29, 1.82) is 0 Å². The van der Waals surface area contributed by atoms with Crippen molar-refractivity contribution in [3.05, 3.63) is 65.2 Å². The van der Waals surface area contributed by atoms with E-state index in [0.717, 1.165) is 19.4 Å². The number of benzene rings is 2. The molecule has 0 saturated carbocycles. The van der Waals surface area contributed by atoms with Crippen molar-refractivity contribution in [2.24, 2.45) is 0 Å². The van der Waals surface area contributed by atoms with Gasteiger partial charge in [-0.1, -0.05) is 48.9 Å². The third-order valence-electron chi connectivity index (χ3n) is 3.51. The van der Waals surface area contributed by atoms with Gasteiger partial charge >= 0.3 is 0 Å². The Labute approximate surface area is 121 Å². The van der Waals surface area contributed by atoms with Crippen molar-refractivity contribution in [2.45, 2.75) is 32.7 Å². The van der Waals surface area contributed by atoms with Crippen LogP contribution in [0.2, 0.25) is 0 Å². The van der Waals surface area contributed by atoms with Crippen LogP contribution in [0, 0.1) is 6.92 Å². The Balaban J connectivity index is 2.02. The summed E-state index contributed by atoms with van der Waals surface area (Å²) in [6.45, 7) is 5.22. The topological polar surface area (TPSA) is 32.3 Å². The molecule has 0 heterocycles. The van der Waals surface area contributed by atoms with E-state index in [0.29, 0.717) is 11.8 Å². The summed E-state index contributed by atoms with van der Waals surface area (Å²) >= 11 is 0. The van der Waals surface area contributed by atoms with E-state index >= 15 is 0 Å². The molecule has 2 aromatic carbocycles. The van der Waals surface area contributed by atoms with Crippen molar-refractivity contribution in [2.75, 3.05) is 6.54 Å². The molecule has 2 rings (SSSR count). The molecule has 0 aliphatic carbocycles. The number of phenols is 1. The fourth-order valence-electron chi connectivity index (χ4n) is 2.43. The van der Waals surface area contributed by atoms with Crippen molar-refractivity contribution < 1.29 is 5.11 Å². The highest BCUT2D eigenvalue weighted by molar-refractivity contribution is 5.27. The van der Waals surface area contributed by atoms with E-state index in [1.165, 1.54) is 16.7 Å². The minimum atomic E-state index is 0.326. The van der Waals surface area contributed by atoms with Gasteiger partial charge in [0.1, 0.15) is 5.75 Å². The van der Waals surface area contributed by atoms with E-state index in [9.17, 15) is 5.11 Å². The van der Waals surface area contributed by atoms with Crippen LogP contribution in [0.4, 0.5) is 0 Å². The summed E-state index contributed by atoms with van der Waals surface area (Å²) in [7, 11) is 0. The highest BCUT2D eigenvalue weighted by Gasteiger charge is 2.09. The molecule has 2 aromatic rings. The van der Waals surface area contributed by atoms with Crippen LogP contribution < -0.4 is 5.32 Å². The molecule has 1 unspecified atom stereocenters. The fourth-order valence-corrected chi connectivity index (χ4v) is 2.43. The Kier molecular flexibility index (Phi) is 5.19. The standard InChI is InChI=1S/C18H23NO/c1-3-19-17(12-15-6-4-14(2)5-7-15)13-16-8-10-18(20)11-9-16/h4-11,17,19-20H,3,12-13H2,1-2H3. The first kappa shape index (κ1) is 14.6. The zero-order valence-corrected chi connectivity index (χ0v) is 12.3. The predicted octanol–water partition coefficient (Wildman–Crippen LogP) is 3.46. The SMILES string of the molecule is CCNC(Cc1ccc(C)cc1)Cc1ccc(O)cc1. The number of rotatable bonds is 6. The lowest BCUT2D eigenvalue weighted by Gasteiger charge is -2.18. The zero-order valence-electron chi connectivity index (χ0n) is 12.3. The van der Waals surface area contributed by atoms with Crippen LogP contribution in [0.1, 0.15) is 23.6 Å². The van der Waals surface area contributed by atoms with E-state index in [4.69, 9.17) is 0 Å². The molecule has 0 aliphatic heterocycles. The number of aryl methyl sites for hydroxylation is 1. The van der Waals surface area contributed by atoms with Gasteiger partial charge in [0.2, 0.25) is 0 Å². The fraction of sp³-hybridized carbons (Fsp3) is 0.333. The summed E-state index contributed by atoms with van der Waals surface area (Å²) in [5.41, 5.74) is 3.91. The predicted molar refractivity (Wildman–Crippen MR) is 84.2 cm³/mol. The van der Waals surface area contributed by atoms with Gasteiger partial charge in [-0.2, -0.15) is 0 Å². The average molecular weight is 269 g/mol. The molecule has 0 aliphatic rings. The summed E-state index contributed by atoms with van der Waals surface area (Å²) in [6, 6.07) is 16.7. The number of hydrogen-bond donors (Lipinski definition) is 2.